The Labute approximate surface area is 188 Å². The second-order valence-corrected chi connectivity index (χ2v) is 7.29. The quantitative estimate of drug-likeness (QED) is 0.456. The standard InChI is InChI=1S/C26H28N2O4/c29-18-10-17-27-26(31)25(22-13-6-2-7-14-22)28(19-21-11-4-1-5-12-21)24(30)20-32-23-15-8-3-9-16-23/h1-9,11-16,25,29H,10,17-20H2,(H,27,31). The van der Waals surface area contributed by atoms with Gasteiger partial charge in [-0.15, -0.1) is 0 Å². The molecular formula is C26H28N2O4. The molecule has 0 heterocycles. The number of para-hydroxylation sites is 1. The van der Waals surface area contributed by atoms with E-state index < -0.39 is 6.04 Å². The molecule has 0 spiro atoms. The van der Waals surface area contributed by atoms with Crippen LogP contribution in [0.5, 0.6) is 5.75 Å². The Morgan fingerprint density at radius 3 is 2.09 bits per heavy atom. The van der Waals surface area contributed by atoms with Gasteiger partial charge in [-0.25, -0.2) is 0 Å². The Morgan fingerprint density at radius 2 is 1.47 bits per heavy atom. The highest BCUT2D eigenvalue weighted by Gasteiger charge is 2.31. The van der Waals surface area contributed by atoms with Gasteiger partial charge in [0.2, 0.25) is 5.91 Å². The van der Waals surface area contributed by atoms with Crippen molar-refractivity contribution in [3.05, 3.63) is 102 Å². The van der Waals surface area contributed by atoms with Crippen LogP contribution < -0.4 is 10.1 Å². The van der Waals surface area contributed by atoms with Crippen molar-refractivity contribution in [3.8, 4) is 5.75 Å². The summed E-state index contributed by atoms with van der Waals surface area (Å²) in [5.41, 5.74) is 1.61. The lowest BCUT2D eigenvalue weighted by Gasteiger charge is -2.31. The van der Waals surface area contributed by atoms with E-state index in [-0.39, 0.29) is 31.6 Å². The van der Waals surface area contributed by atoms with E-state index in [1.54, 1.807) is 17.0 Å². The first kappa shape index (κ1) is 23.0. The third-order valence-electron chi connectivity index (χ3n) is 4.93. The molecule has 6 nitrogen and oxygen atoms in total. The van der Waals surface area contributed by atoms with Crippen LogP contribution in [0.4, 0.5) is 0 Å². The minimum Gasteiger partial charge on any atom is -0.484 e. The van der Waals surface area contributed by atoms with E-state index in [4.69, 9.17) is 9.84 Å². The molecule has 1 unspecified atom stereocenters. The van der Waals surface area contributed by atoms with Crippen molar-refractivity contribution in [2.24, 2.45) is 0 Å². The van der Waals surface area contributed by atoms with Gasteiger partial charge in [0.05, 0.1) is 0 Å². The van der Waals surface area contributed by atoms with Crippen LogP contribution in [0.3, 0.4) is 0 Å². The summed E-state index contributed by atoms with van der Waals surface area (Å²) < 4.78 is 5.69. The van der Waals surface area contributed by atoms with E-state index in [2.05, 4.69) is 5.32 Å². The molecule has 2 N–H and O–H groups in total. The van der Waals surface area contributed by atoms with Gasteiger partial charge in [0.15, 0.2) is 6.61 Å². The number of aliphatic hydroxyl groups excluding tert-OH is 1. The maximum absolute atomic E-state index is 13.4. The third-order valence-corrected chi connectivity index (χ3v) is 4.93. The minimum absolute atomic E-state index is 0.0200. The molecule has 3 aromatic carbocycles. The molecule has 0 bridgehead atoms. The van der Waals surface area contributed by atoms with E-state index in [1.165, 1.54) is 0 Å². The number of rotatable bonds is 11. The molecule has 3 rings (SSSR count). The molecule has 6 heteroatoms. The fourth-order valence-electron chi connectivity index (χ4n) is 3.34. The SMILES string of the molecule is O=C(NCCCO)C(c1ccccc1)N(Cc1ccccc1)C(=O)COc1ccccc1. The molecule has 0 fully saturated rings. The van der Waals surface area contributed by atoms with Gasteiger partial charge < -0.3 is 20.1 Å². The van der Waals surface area contributed by atoms with E-state index in [1.807, 2.05) is 78.9 Å². The van der Waals surface area contributed by atoms with E-state index >= 15 is 0 Å². The Balaban J connectivity index is 1.88. The maximum atomic E-state index is 13.4. The molecule has 0 radical (unpaired) electrons. The first-order valence-corrected chi connectivity index (χ1v) is 10.6. The van der Waals surface area contributed by atoms with Crippen LogP contribution in [-0.4, -0.2) is 41.6 Å². The summed E-state index contributed by atoms with van der Waals surface area (Å²) in [4.78, 5) is 28.1. The normalized spacial score (nSPS) is 11.4. The smallest absolute Gasteiger partial charge is 0.261 e. The summed E-state index contributed by atoms with van der Waals surface area (Å²) in [6.45, 7) is 0.370. The second-order valence-electron chi connectivity index (χ2n) is 7.29. The van der Waals surface area contributed by atoms with Crippen molar-refractivity contribution in [1.82, 2.24) is 10.2 Å². The maximum Gasteiger partial charge on any atom is 0.261 e. The van der Waals surface area contributed by atoms with Gasteiger partial charge in [-0.05, 0) is 29.7 Å². The average Bonchev–Trinajstić information content (AvgIpc) is 2.84. The Kier molecular flexibility index (Phi) is 8.83. The molecule has 32 heavy (non-hydrogen) atoms. The molecule has 0 saturated heterocycles. The monoisotopic (exact) mass is 432 g/mol. The van der Waals surface area contributed by atoms with Crippen molar-refractivity contribution in [2.45, 2.75) is 19.0 Å². The summed E-state index contributed by atoms with van der Waals surface area (Å²) in [5.74, 6) is -0.0123. The second kappa shape index (κ2) is 12.3. The Morgan fingerprint density at radius 1 is 0.875 bits per heavy atom. The molecule has 2 amide bonds. The van der Waals surface area contributed by atoms with Crippen molar-refractivity contribution in [2.75, 3.05) is 19.8 Å². The van der Waals surface area contributed by atoms with Crippen molar-refractivity contribution < 1.29 is 19.4 Å². The van der Waals surface area contributed by atoms with Crippen LogP contribution in [0.25, 0.3) is 0 Å². The minimum atomic E-state index is -0.832. The Hall–Kier alpha value is -3.64. The number of nitrogens with one attached hydrogen (secondary N) is 1. The lowest BCUT2D eigenvalue weighted by atomic mass is 10.0. The topological polar surface area (TPSA) is 78.9 Å². The number of nitrogens with zero attached hydrogens (tertiary/aromatic N) is 1. The van der Waals surface area contributed by atoms with Crippen LogP contribution >= 0.6 is 0 Å². The zero-order valence-corrected chi connectivity index (χ0v) is 17.9. The van der Waals surface area contributed by atoms with Gasteiger partial charge in [-0.1, -0.05) is 78.9 Å². The highest BCUT2D eigenvalue weighted by Crippen LogP contribution is 2.24. The number of aliphatic hydroxyl groups is 1. The van der Waals surface area contributed by atoms with Crippen molar-refractivity contribution in [1.29, 1.82) is 0 Å². The molecule has 3 aromatic rings. The first-order chi connectivity index (χ1) is 15.7. The lowest BCUT2D eigenvalue weighted by molar-refractivity contribution is -0.143. The number of carbonyl (C=O) groups excluding carboxylic acids is 2. The number of carbonyl (C=O) groups is 2. The number of benzene rings is 3. The van der Waals surface area contributed by atoms with Crippen LogP contribution in [-0.2, 0) is 16.1 Å². The predicted octanol–water partition coefficient (Wildman–Crippen LogP) is 3.33. The molecule has 1 atom stereocenters. The van der Waals surface area contributed by atoms with Crippen LogP contribution in [0.2, 0.25) is 0 Å². The number of hydrogen-bond donors (Lipinski definition) is 2. The summed E-state index contributed by atoms with van der Waals surface area (Å²) in [7, 11) is 0. The van der Waals surface area contributed by atoms with Crippen molar-refractivity contribution in [3.63, 3.8) is 0 Å². The zero-order valence-electron chi connectivity index (χ0n) is 17.9. The zero-order chi connectivity index (χ0) is 22.6. The van der Waals surface area contributed by atoms with Gasteiger partial charge in [0.1, 0.15) is 11.8 Å². The van der Waals surface area contributed by atoms with Gasteiger partial charge in [0, 0.05) is 19.7 Å². The molecule has 0 aliphatic rings. The molecule has 0 aliphatic heterocycles. The first-order valence-electron chi connectivity index (χ1n) is 10.6. The summed E-state index contributed by atoms with van der Waals surface area (Å²) in [6.07, 6.45) is 0.441. The predicted molar refractivity (Wildman–Crippen MR) is 123 cm³/mol. The van der Waals surface area contributed by atoms with Gasteiger partial charge in [0.25, 0.3) is 5.91 Å². The molecule has 0 saturated carbocycles. The summed E-state index contributed by atoms with van der Waals surface area (Å²) in [6, 6.07) is 27.0. The lowest BCUT2D eigenvalue weighted by Crippen LogP contribution is -2.45. The Bertz CT molecular complexity index is 965. The van der Waals surface area contributed by atoms with Crippen LogP contribution in [0.15, 0.2) is 91.0 Å². The number of hydrogen-bond acceptors (Lipinski definition) is 4. The van der Waals surface area contributed by atoms with Gasteiger partial charge in [-0.3, -0.25) is 9.59 Å². The highest BCUT2D eigenvalue weighted by atomic mass is 16.5. The molecule has 166 valence electrons. The van der Waals surface area contributed by atoms with Crippen molar-refractivity contribution >= 4 is 11.8 Å². The number of amides is 2. The third kappa shape index (κ3) is 6.68. The van der Waals surface area contributed by atoms with E-state index in [9.17, 15) is 9.59 Å². The fraction of sp³-hybridized carbons (Fsp3) is 0.231. The van der Waals surface area contributed by atoms with Crippen LogP contribution in [0.1, 0.15) is 23.6 Å². The van der Waals surface area contributed by atoms with E-state index in [0.29, 0.717) is 24.3 Å². The largest absolute Gasteiger partial charge is 0.484 e. The molecule has 0 aliphatic carbocycles. The molecule has 0 aromatic heterocycles. The summed E-state index contributed by atoms with van der Waals surface area (Å²) >= 11 is 0. The van der Waals surface area contributed by atoms with Crippen LogP contribution in [0, 0.1) is 0 Å². The average molecular weight is 433 g/mol. The highest BCUT2D eigenvalue weighted by molar-refractivity contribution is 5.89. The van der Waals surface area contributed by atoms with Gasteiger partial charge in [-0.2, -0.15) is 0 Å². The van der Waals surface area contributed by atoms with Gasteiger partial charge >= 0.3 is 0 Å². The fourth-order valence-corrected chi connectivity index (χ4v) is 3.34. The van der Waals surface area contributed by atoms with E-state index in [0.717, 1.165) is 5.56 Å². The number of ether oxygens (including phenoxy) is 1. The summed E-state index contributed by atoms with van der Waals surface area (Å²) in [5, 5.41) is 11.9. The molecular weight excluding hydrogens is 404 g/mol.